The van der Waals surface area contributed by atoms with E-state index in [1.54, 1.807) is 18.6 Å². The molecule has 1 aromatic carbocycles. The van der Waals surface area contributed by atoms with Gasteiger partial charge >= 0.3 is 0 Å². The van der Waals surface area contributed by atoms with E-state index in [0.717, 1.165) is 11.1 Å². The van der Waals surface area contributed by atoms with Crippen molar-refractivity contribution in [3.8, 4) is 0 Å². The zero-order valence-corrected chi connectivity index (χ0v) is 10.3. The minimum Gasteiger partial charge on any atom is -0.472 e. The van der Waals surface area contributed by atoms with Crippen molar-refractivity contribution in [2.75, 3.05) is 7.05 Å². The predicted molar refractivity (Wildman–Crippen MR) is 63.7 cm³/mol. The summed E-state index contributed by atoms with van der Waals surface area (Å²) in [7, 11) is 1.83. The van der Waals surface area contributed by atoms with E-state index in [2.05, 4.69) is 21.2 Å². The Labute approximate surface area is 102 Å². The summed E-state index contributed by atoms with van der Waals surface area (Å²) in [6, 6.07) is 6.90. The average Bonchev–Trinajstić information content (AvgIpc) is 2.78. The second-order valence-electron chi connectivity index (χ2n) is 3.45. The quantitative estimate of drug-likeness (QED) is 0.933. The van der Waals surface area contributed by atoms with Gasteiger partial charge in [0.15, 0.2) is 0 Å². The Balaban J connectivity index is 2.37. The first kappa shape index (κ1) is 11.4. The van der Waals surface area contributed by atoms with Crippen LogP contribution < -0.4 is 5.32 Å². The fourth-order valence-corrected chi connectivity index (χ4v) is 1.90. The summed E-state index contributed by atoms with van der Waals surface area (Å²) < 4.78 is 18.9. The molecule has 1 aromatic heterocycles. The third kappa shape index (κ3) is 2.18. The molecule has 1 heterocycles. The monoisotopic (exact) mass is 283 g/mol. The van der Waals surface area contributed by atoms with E-state index in [1.165, 1.54) is 6.07 Å². The molecule has 0 radical (unpaired) electrons. The maximum Gasteiger partial charge on any atom is 0.137 e. The molecule has 4 heteroatoms. The molecule has 0 amide bonds. The standard InChI is InChI=1S/C12H11BrFNO/c1-15-12(9-4-5-16-7-9)8-2-3-10(13)11(14)6-8/h2-7,12,15H,1H3. The summed E-state index contributed by atoms with van der Waals surface area (Å²) in [6.07, 6.45) is 3.26. The Morgan fingerprint density at radius 2 is 2.12 bits per heavy atom. The Morgan fingerprint density at radius 3 is 2.69 bits per heavy atom. The molecule has 2 rings (SSSR count). The Kier molecular flexibility index (Phi) is 3.41. The van der Waals surface area contributed by atoms with Gasteiger partial charge in [-0.1, -0.05) is 6.07 Å². The van der Waals surface area contributed by atoms with Crippen LogP contribution in [0.2, 0.25) is 0 Å². The van der Waals surface area contributed by atoms with E-state index in [-0.39, 0.29) is 11.9 Å². The summed E-state index contributed by atoms with van der Waals surface area (Å²) in [5.41, 5.74) is 1.84. The van der Waals surface area contributed by atoms with Gasteiger partial charge < -0.3 is 9.73 Å². The van der Waals surface area contributed by atoms with Gasteiger partial charge in [-0.15, -0.1) is 0 Å². The van der Waals surface area contributed by atoms with Gasteiger partial charge in [0, 0.05) is 5.56 Å². The van der Waals surface area contributed by atoms with Gasteiger partial charge in [0.1, 0.15) is 5.82 Å². The summed E-state index contributed by atoms with van der Waals surface area (Å²) in [4.78, 5) is 0. The number of furan rings is 1. The largest absolute Gasteiger partial charge is 0.472 e. The molecule has 2 nitrogen and oxygen atoms in total. The molecule has 0 fully saturated rings. The van der Waals surface area contributed by atoms with Crippen LogP contribution in [0.4, 0.5) is 4.39 Å². The number of benzene rings is 1. The first-order valence-corrected chi connectivity index (χ1v) is 5.66. The predicted octanol–water partition coefficient (Wildman–Crippen LogP) is 3.49. The summed E-state index contributed by atoms with van der Waals surface area (Å²) >= 11 is 3.14. The number of hydrogen-bond donors (Lipinski definition) is 1. The lowest BCUT2D eigenvalue weighted by Gasteiger charge is -2.15. The minimum atomic E-state index is -0.263. The van der Waals surface area contributed by atoms with Crippen LogP contribution >= 0.6 is 15.9 Å². The van der Waals surface area contributed by atoms with Crippen LogP contribution in [0.15, 0.2) is 45.7 Å². The molecule has 84 valence electrons. The van der Waals surface area contributed by atoms with Crippen LogP contribution in [-0.2, 0) is 0 Å². The normalized spacial score (nSPS) is 12.7. The van der Waals surface area contributed by atoms with E-state index in [9.17, 15) is 4.39 Å². The smallest absolute Gasteiger partial charge is 0.137 e. The van der Waals surface area contributed by atoms with Crippen LogP contribution in [0, 0.1) is 5.82 Å². The van der Waals surface area contributed by atoms with Crippen molar-refractivity contribution in [1.29, 1.82) is 0 Å². The Hall–Kier alpha value is -1.13. The fraction of sp³-hybridized carbons (Fsp3) is 0.167. The van der Waals surface area contributed by atoms with Gasteiger partial charge in [-0.3, -0.25) is 0 Å². The summed E-state index contributed by atoms with van der Waals surface area (Å²) in [6.45, 7) is 0. The number of halogens is 2. The third-order valence-corrected chi connectivity index (χ3v) is 3.09. The molecule has 0 saturated carbocycles. The van der Waals surface area contributed by atoms with Gasteiger partial charge in [0.2, 0.25) is 0 Å². The molecule has 1 atom stereocenters. The third-order valence-electron chi connectivity index (χ3n) is 2.44. The van der Waals surface area contributed by atoms with Gasteiger partial charge in [0.25, 0.3) is 0 Å². The second-order valence-corrected chi connectivity index (χ2v) is 4.31. The molecule has 0 saturated heterocycles. The number of nitrogens with one attached hydrogen (secondary N) is 1. The molecule has 16 heavy (non-hydrogen) atoms. The summed E-state index contributed by atoms with van der Waals surface area (Å²) in [5, 5.41) is 3.13. The van der Waals surface area contributed by atoms with Crippen LogP contribution in [-0.4, -0.2) is 7.05 Å². The van der Waals surface area contributed by atoms with Crippen molar-refractivity contribution < 1.29 is 8.81 Å². The number of rotatable bonds is 3. The highest BCUT2D eigenvalue weighted by atomic mass is 79.9. The fourth-order valence-electron chi connectivity index (χ4n) is 1.66. The van der Waals surface area contributed by atoms with Crippen molar-refractivity contribution in [3.05, 3.63) is 58.2 Å². The van der Waals surface area contributed by atoms with Crippen LogP contribution in [0.25, 0.3) is 0 Å². The second kappa shape index (κ2) is 4.80. The van der Waals surface area contributed by atoms with Crippen molar-refractivity contribution in [2.24, 2.45) is 0 Å². The van der Waals surface area contributed by atoms with E-state index >= 15 is 0 Å². The molecule has 0 aliphatic heterocycles. The van der Waals surface area contributed by atoms with E-state index < -0.39 is 0 Å². The first-order chi connectivity index (χ1) is 7.72. The molecule has 1 unspecified atom stereocenters. The molecule has 0 spiro atoms. The highest BCUT2D eigenvalue weighted by Crippen LogP contribution is 2.25. The SMILES string of the molecule is CNC(c1ccoc1)c1ccc(Br)c(F)c1. The minimum absolute atomic E-state index is 0.0543. The topological polar surface area (TPSA) is 25.2 Å². The Morgan fingerprint density at radius 1 is 1.31 bits per heavy atom. The zero-order valence-electron chi connectivity index (χ0n) is 8.71. The first-order valence-electron chi connectivity index (χ1n) is 4.86. The lowest BCUT2D eigenvalue weighted by molar-refractivity contribution is 0.556. The lowest BCUT2D eigenvalue weighted by atomic mass is 10.0. The van der Waals surface area contributed by atoms with Crippen LogP contribution in [0.1, 0.15) is 17.2 Å². The highest BCUT2D eigenvalue weighted by molar-refractivity contribution is 9.10. The number of hydrogen-bond acceptors (Lipinski definition) is 2. The molecular formula is C12H11BrFNO. The molecule has 0 bridgehead atoms. The van der Waals surface area contributed by atoms with Crippen molar-refractivity contribution in [3.63, 3.8) is 0 Å². The molecule has 0 aliphatic rings. The maximum atomic E-state index is 13.4. The van der Waals surface area contributed by atoms with Crippen LogP contribution in [0.5, 0.6) is 0 Å². The lowest BCUT2D eigenvalue weighted by Crippen LogP contribution is -2.17. The van der Waals surface area contributed by atoms with Gasteiger partial charge in [-0.05, 0) is 46.7 Å². The average molecular weight is 284 g/mol. The van der Waals surface area contributed by atoms with Crippen molar-refractivity contribution in [1.82, 2.24) is 5.32 Å². The van der Waals surface area contributed by atoms with Gasteiger partial charge in [-0.25, -0.2) is 4.39 Å². The van der Waals surface area contributed by atoms with Gasteiger partial charge in [0.05, 0.1) is 23.0 Å². The zero-order chi connectivity index (χ0) is 11.5. The van der Waals surface area contributed by atoms with E-state index in [4.69, 9.17) is 4.42 Å². The van der Waals surface area contributed by atoms with Crippen molar-refractivity contribution in [2.45, 2.75) is 6.04 Å². The summed E-state index contributed by atoms with van der Waals surface area (Å²) in [5.74, 6) is -0.263. The maximum absolute atomic E-state index is 13.4. The molecule has 2 aromatic rings. The van der Waals surface area contributed by atoms with E-state index in [0.29, 0.717) is 4.47 Å². The molecule has 1 N–H and O–H groups in total. The van der Waals surface area contributed by atoms with Gasteiger partial charge in [-0.2, -0.15) is 0 Å². The molecule has 0 aliphatic carbocycles. The van der Waals surface area contributed by atoms with E-state index in [1.807, 2.05) is 19.2 Å². The van der Waals surface area contributed by atoms with Crippen molar-refractivity contribution >= 4 is 15.9 Å². The Bertz CT molecular complexity index is 470. The highest BCUT2D eigenvalue weighted by Gasteiger charge is 2.14. The molecular weight excluding hydrogens is 273 g/mol. The van der Waals surface area contributed by atoms with Crippen LogP contribution in [0.3, 0.4) is 0 Å².